The molecule has 1 saturated heterocycles. The minimum atomic E-state index is -0.100. The summed E-state index contributed by atoms with van der Waals surface area (Å²) in [6.07, 6.45) is 1.02. The molecule has 1 aliphatic rings. The van der Waals surface area contributed by atoms with Gasteiger partial charge in [0.05, 0.1) is 10.2 Å². The molecule has 1 fully saturated rings. The highest BCUT2D eigenvalue weighted by atomic mass is 32.1. The molecule has 172 valence electrons. The summed E-state index contributed by atoms with van der Waals surface area (Å²) in [7, 11) is 0. The lowest BCUT2D eigenvalue weighted by atomic mass is 10.1. The maximum Gasteiger partial charge on any atom is 0.291 e. The molecule has 33 heavy (non-hydrogen) atoms. The van der Waals surface area contributed by atoms with E-state index in [1.165, 1.54) is 15.9 Å². The molecule has 0 radical (unpaired) electrons. The summed E-state index contributed by atoms with van der Waals surface area (Å²) in [5.74, 6) is 0.935. The van der Waals surface area contributed by atoms with Gasteiger partial charge in [-0.2, -0.15) is 5.10 Å². The molecular formula is C25H29N5O2S. The van der Waals surface area contributed by atoms with Gasteiger partial charge in [0.15, 0.2) is 0 Å². The average molecular weight is 464 g/mol. The van der Waals surface area contributed by atoms with Crippen LogP contribution in [-0.4, -0.2) is 50.7 Å². The highest BCUT2D eigenvalue weighted by Crippen LogP contribution is 2.25. The van der Waals surface area contributed by atoms with Crippen LogP contribution in [0.3, 0.4) is 0 Å². The summed E-state index contributed by atoms with van der Waals surface area (Å²) >= 11 is 1.62. The third-order valence-electron chi connectivity index (χ3n) is 6.54. The number of aromatic nitrogens is 3. The summed E-state index contributed by atoms with van der Waals surface area (Å²) in [5.41, 5.74) is 4.04. The Morgan fingerprint density at radius 3 is 2.79 bits per heavy atom. The van der Waals surface area contributed by atoms with E-state index in [-0.39, 0.29) is 17.5 Å². The molecule has 1 aromatic carbocycles. The van der Waals surface area contributed by atoms with Gasteiger partial charge >= 0.3 is 0 Å². The maximum absolute atomic E-state index is 12.9. The van der Waals surface area contributed by atoms with Gasteiger partial charge in [-0.25, -0.2) is 4.68 Å². The van der Waals surface area contributed by atoms with Crippen molar-refractivity contribution in [2.75, 3.05) is 24.5 Å². The van der Waals surface area contributed by atoms with E-state index < -0.39 is 0 Å². The lowest BCUT2D eigenvalue weighted by molar-refractivity contribution is -0.132. The monoisotopic (exact) mass is 463 g/mol. The molecule has 1 amide bonds. The lowest BCUT2D eigenvalue weighted by Gasteiger charge is -2.41. The average Bonchev–Trinajstić information content (AvgIpc) is 3.38. The van der Waals surface area contributed by atoms with Gasteiger partial charge in [-0.15, -0.1) is 11.3 Å². The summed E-state index contributed by atoms with van der Waals surface area (Å²) in [4.78, 5) is 30.2. The van der Waals surface area contributed by atoms with Crippen LogP contribution in [0.15, 0.2) is 46.6 Å². The minimum Gasteiger partial charge on any atom is -0.365 e. The third kappa shape index (κ3) is 4.04. The summed E-state index contributed by atoms with van der Waals surface area (Å²) in [6, 6.07) is 12.7. The van der Waals surface area contributed by atoms with Crippen LogP contribution in [0.2, 0.25) is 0 Å². The molecule has 0 saturated carbocycles. The van der Waals surface area contributed by atoms with Crippen molar-refractivity contribution in [1.29, 1.82) is 0 Å². The molecule has 3 aromatic heterocycles. The number of rotatable bonds is 5. The first-order valence-corrected chi connectivity index (χ1v) is 12.4. The number of benzene rings is 1. The van der Waals surface area contributed by atoms with Crippen LogP contribution in [-0.2, 0) is 11.3 Å². The van der Waals surface area contributed by atoms with E-state index in [0.29, 0.717) is 24.9 Å². The van der Waals surface area contributed by atoms with Crippen molar-refractivity contribution in [2.45, 2.75) is 46.2 Å². The Morgan fingerprint density at radius 1 is 1.15 bits per heavy atom. The quantitative estimate of drug-likeness (QED) is 0.451. The lowest BCUT2D eigenvalue weighted by Crippen LogP contribution is -2.53. The number of amides is 1. The number of anilines is 1. The van der Waals surface area contributed by atoms with Crippen LogP contribution in [0.25, 0.3) is 15.7 Å². The van der Waals surface area contributed by atoms with Gasteiger partial charge in [-0.3, -0.25) is 14.0 Å². The predicted octanol–water partition coefficient (Wildman–Crippen LogP) is 3.85. The van der Waals surface area contributed by atoms with Crippen LogP contribution >= 0.6 is 11.3 Å². The molecule has 4 heterocycles. The van der Waals surface area contributed by atoms with Crippen LogP contribution in [0, 0.1) is 13.8 Å². The molecule has 5 rings (SSSR count). The Kier molecular flexibility index (Phi) is 5.70. The SMILES string of the molecule is Cc1cccc(N2CCN(C(=O)CCCn3nc(C)n4c(cc5sccc54)c3=O)C[C@@H]2C)c1. The Labute approximate surface area is 196 Å². The van der Waals surface area contributed by atoms with Crippen molar-refractivity contribution >= 4 is 38.7 Å². The first-order valence-electron chi connectivity index (χ1n) is 11.5. The first-order chi connectivity index (χ1) is 15.9. The zero-order valence-electron chi connectivity index (χ0n) is 19.3. The van der Waals surface area contributed by atoms with Crippen molar-refractivity contribution in [1.82, 2.24) is 19.1 Å². The number of thiophene rings is 1. The molecule has 0 spiro atoms. The molecule has 0 aliphatic carbocycles. The van der Waals surface area contributed by atoms with Gasteiger partial charge in [0.1, 0.15) is 11.3 Å². The van der Waals surface area contributed by atoms with E-state index in [1.54, 1.807) is 11.3 Å². The van der Waals surface area contributed by atoms with Gasteiger partial charge in [-0.1, -0.05) is 12.1 Å². The summed E-state index contributed by atoms with van der Waals surface area (Å²) in [5, 5.41) is 6.54. The zero-order chi connectivity index (χ0) is 23.1. The molecule has 1 atom stereocenters. The summed E-state index contributed by atoms with van der Waals surface area (Å²) < 4.78 is 4.52. The Balaban J connectivity index is 1.21. The van der Waals surface area contributed by atoms with Crippen molar-refractivity contribution in [3.63, 3.8) is 0 Å². The molecule has 0 unspecified atom stereocenters. The molecule has 1 aliphatic heterocycles. The highest BCUT2D eigenvalue weighted by molar-refractivity contribution is 7.17. The predicted molar refractivity (Wildman–Crippen MR) is 133 cm³/mol. The van der Waals surface area contributed by atoms with Gasteiger partial charge < -0.3 is 9.80 Å². The van der Waals surface area contributed by atoms with E-state index in [0.717, 1.165) is 35.7 Å². The number of nitrogens with zero attached hydrogens (tertiary/aromatic N) is 5. The number of piperazine rings is 1. The van der Waals surface area contributed by atoms with E-state index in [1.807, 2.05) is 33.7 Å². The van der Waals surface area contributed by atoms with E-state index in [9.17, 15) is 9.59 Å². The van der Waals surface area contributed by atoms with Crippen LogP contribution < -0.4 is 10.5 Å². The second-order valence-corrected chi connectivity index (χ2v) is 9.88. The van der Waals surface area contributed by atoms with Crippen LogP contribution in [0.1, 0.15) is 31.2 Å². The molecule has 0 N–H and O–H groups in total. The Bertz CT molecular complexity index is 1380. The van der Waals surface area contributed by atoms with E-state index in [4.69, 9.17) is 0 Å². The maximum atomic E-state index is 12.9. The second-order valence-electron chi connectivity index (χ2n) is 8.94. The highest BCUT2D eigenvalue weighted by Gasteiger charge is 2.26. The first kappa shape index (κ1) is 21.7. The van der Waals surface area contributed by atoms with Crippen molar-refractivity contribution in [3.8, 4) is 0 Å². The molecule has 4 aromatic rings. The number of carbonyl (C=O) groups excluding carboxylic acids is 1. The summed E-state index contributed by atoms with van der Waals surface area (Å²) in [6.45, 7) is 8.91. The minimum absolute atomic E-state index is 0.100. The molecular weight excluding hydrogens is 434 g/mol. The van der Waals surface area contributed by atoms with Gasteiger partial charge in [0, 0.05) is 44.3 Å². The molecule has 7 nitrogen and oxygen atoms in total. The van der Waals surface area contributed by atoms with Crippen LogP contribution in [0.5, 0.6) is 0 Å². The number of fused-ring (bicyclic) bond motifs is 3. The Morgan fingerprint density at radius 2 is 2.00 bits per heavy atom. The van der Waals surface area contributed by atoms with Crippen molar-refractivity contribution < 1.29 is 4.79 Å². The van der Waals surface area contributed by atoms with Crippen molar-refractivity contribution in [2.24, 2.45) is 0 Å². The Hall–Kier alpha value is -3.13. The van der Waals surface area contributed by atoms with E-state index in [2.05, 4.69) is 48.1 Å². The number of carbonyl (C=O) groups is 1. The fraction of sp³-hybridized carbons (Fsp3) is 0.400. The number of hydrogen-bond acceptors (Lipinski definition) is 5. The number of aryl methyl sites for hydroxylation is 3. The fourth-order valence-corrected chi connectivity index (χ4v) is 5.70. The van der Waals surface area contributed by atoms with Gasteiger partial charge in [-0.05, 0) is 62.4 Å². The zero-order valence-corrected chi connectivity index (χ0v) is 20.1. The standard InChI is InChI=1S/C25H29N5O2S/c1-17-6-4-7-20(14-17)28-12-11-27(16-18(28)2)24(31)8-5-10-29-25(32)22-15-23-21(9-13-33-23)30(22)19(3)26-29/h4,6-7,9,13-15,18H,5,8,10-12,16H2,1-3H3/t18-/m0/s1. The van der Waals surface area contributed by atoms with Gasteiger partial charge in [0.2, 0.25) is 5.91 Å². The fourth-order valence-electron chi connectivity index (χ4n) is 4.89. The topological polar surface area (TPSA) is 62.9 Å². The normalized spacial score (nSPS) is 16.8. The van der Waals surface area contributed by atoms with E-state index >= 15 is 0 Å². The smallest absolute Gasteiger partial charge is 0.291 e. The second kappa shape index (κ2) is 8.67. The van der Waals surface area contributed by atoms with Gasteiger partial charge in [0.25, 0.3) is 5.56 Å². The van der Waals surface area contributed by atoms with Crippen LogP contribution in [0.4, 0.5) is 5.69 Å². The third-order valence-corrected chi connectivity index (χ3v) is 7.39. The molecule has 0 bridgehead atoms. The number of hydrogen-bond donors (Lipinski definition) is 0. The van der Waals surface area contributed by atoms with Crippen molar-refractivity contribution in [3.05, 3.63) is 63.5 Å². The largest absolute Gasteiger partial charge is 0.365 e. The molecule has 8 heteroatoms.